The molecular formula is C29H32N2O5S. The van der Waals surface area contributed by atoms with Crippen LogP contribution in [-0.2, 0) is 9.53 Å². The number of aromatic nitrogens is 1. The maximum atomic E-state index is 13.8. The van der Waals surface area contributed by atoms with Gasteiger partial charge in [-0.3, -0.25) is 9.36 Å². The molecule has 2 heterocycles. The Morgan fingerprint density at radius 3 is 2.46 bits per heavy atom. The number of thiazole rings is 1. The molecule has 0 fully saturated rings. The van der Waals surface area contributed by atoms with E-state index in [2.05, 4.69) is 31.0 Å². The lowest BCUT2D eigenvalue weighted by atomic mass is 9.95. The zero-order valence-electron chi connectivity index (χ0n) is 22.0. The summed E-state index contributed by atoms with van der Waals surface area (Å²) in [6, 6.07) is 12.9. The monoisotopic (exact) mass is 520 g/mol. The minimum atomic E-state index is -0.717. The van der Waals surface area contributed by atoms with Gasteiger partial charge in [0.05, 0.1) is 42.2 Å². The molecule has 1 atom stereocenters. The summed E-state index contributed by atoms with van der Waals surface area (Å²) < 4.78 is 18.7. The second-order valence-electron chi connectivity index (χ2n) is 8.97. The Kier molecular flexibility index (Phi) is 7.97. The van der Waals surface area contributed by atoms with E-state index in [4.69, 9.17) is 14.2 Å². The number of methoxy groups -OCH3 is 1. The van der Waals surface area contributed by atoms with Crippen LogP contribution in [0.5, 0.6) is 11.5 Å². The molecule has 2 aromatic carbocycles. The number of rotatable bonds is 8. The highest BCUT2D eigenvalue weighted by atomic mass is 32.1. The third kappa shape index (κ3) is 5.25. The normalized spacial score (nSPS) is 15.4. The number of esters is 1. The fourth-order valence-electron chi connectivity index (χ4n) is 4.37. The first kappa shape index (κ1) is 26.4. The largest absolute Gasteiger partial charge is 0.493 e. The van der Waals surface area contributed by atoms with Crippen LogP contribution in [0.15, 0.2) is 63.5 Å². The van der Waals surface area contributed by atoms with Crippen LogP contribution >= 0.6 is 11.3 Å². The van der Waals surface area contributed by atoms with Crippen molar-refractivity contribution < 1.29 is 19.0 Å². The van der Waals surface area contributed by atoms with Gasteiger partial charge in [-0.15, -0.1) is 0 Å². The van der Waals surface area contributed by atoms with E-state index >= 15 is 0 Å². The van der Waals surface area contributed by atoms with Gasteiger partial charge >= 0.3 is 5.97 Å². The molecule has 3 aromatic rings. The lowest BCUT2D eigenvalue weighted by molar-refractivity contribution is -0.139. The van der Waals surface area contributed by atoms with Gasteiger partial charge in [-0.2, -0.15) is 0 Å². The summed E-state index contributed by atoms with van der Waals surface area (Å²) >= 11 is 1.30. The van der Waals surface area contributed by atoms with E-state index in [1.807, 2.05) is 37.3 Å². The standard InChI is InChI=1S/C29H32N2O5S/c1-7-35-23-16-21(13-14-22(23)34-6)26-25(28(33)36-8-2)18(5)30-29-31(26)27(32)24(37-29)15-19-9-11-20(12-10-19)17(3)4/h9-17,26H,7-8H2,1-6H3/b24-15-/t26-/m0/s1. The molecule has 1 aliphatic heterocycles. The van der Waals surface area contributed by atoms with Crippen LogP contribution in [-0.4, -0.2) is 30.9 Å². The Hall–Kier alpha value is -3.65. The van der Waals surface area contributed by atoms with Crippen LogP contribution in [0.25, 0.3) is 6.08 Å². The number of carbonyl (C=O) groups is 1. The molecule has 7 nitrogen and oxygen atoms in total. The van der Waals surface area contributed by atoms with Gasteiger partial charge in [0.1, 0.15) is 0 Å². The number of hydrogen-bond acceptors (Lipinski definition) is 7. The van der Waals surface area contributed by atoms with Gasteiger partial charge in [-0.1, -0.05) is 55.5 Å². The fourth-order valence-corrected chi connectivity index (χ4v) is 5.41. The zero-order valence-corrected chi connectivity index (χ0v) is 22.8. The van der Waals surface area contributed by atoms with Gasteiger partial charge in [-0.25, -0.2) is 9.79 Å². The van der Waals surface area contributed by atoms with Crippen molar-refractivity contribution >= 4 is 23.4 Å². The number of hydrogen-bond donors (Lipinski definition) is 0. The lowest BCUT2D eigenvalue weighted by Gasteiger charge is -2.25. The summed E-state index contributed by atoms with van der Waals surface area (Å²) in [7, 11) is 1.57. The molecule has 0 spiro atoms. The highest BCUT2D eigenvalue weighted by molar-refractivity contribution is 7.07. The van der Waals surface area contributed by atoms with Crippen molar-refractivity contribution in [2.75, 3.05) is 20.3 Å². The summed E-state index contributed by atoms with van der Waals surface area (Å²) in [5.41, 5.74) is 3.50. The number of nitrogens with zero attached hydrogens (tertiary/aromatic N) is 2. The smallest absolute Gasteiger partial charge is 0.338 e. The van der Waals surface area contributed by atoms with E-state index < -0.39 is 12.0 Å². The molecule has 0 amide bonds. The summed E-state index contributed by atoms with van der Waals surface area (Å²) in [5, 5.41) is 0. The van der Waals surface area contributed by atoms with E-state index in [1.165, 1.54) is 16.9 Å². The average Bonchev–Trinajstić information content (AvgIpc) is 3.18. The van der Waals surface area contributed by atoms with Crippen molar-refractivity contribution in [3.63, 3.8) is 0 Å². The van der Waals surface area contributed by atoms with Gasteiger partial charge in [-0.05, 0) is 61.6 Å². The highest BCUT2D eigenvalue weighted by Gasteiger charge is 2.34. The van der Waals surface area contributed by atoms with Crippen LogP contribution in [0, 0.1) is 0 Å². The molecular weight excluding hydrogens is 488 g/mol. The Bertz CT molecular complexity index is 1510. The van der Waals surface area contributed by atoms with E-state index in [1.54, 1.807) is 31.6 Å². The number of fused-ring (bicyclic) bond motifs is 1. The first-order valence-electron chi connectivity index (χ1n) is 12.4. The van der Waals surface area contributed by atoms with Gasteiger partial charge in [0.15, 0.2) is 16.3 Å². The van der Waals surface area contributed by atoms with Crippen LogP contribution in [0.4, 0.5) is 0 Å². The fraction of sp³-hybridized carbons (Fsp3) is 0.345. The Morgan fingerprint density at radius 2 is 1.84 bits per heavy atom. The molecule has 1 aliphatic rings. The van der Waals surface area contributed by atoms with Crippen molar-refractivity contribution in [2.45, 2.75) is 46.6 Å². The predicted molar refractivity (Wildman–Crippen MR) is 145 cm³/mol. The molecule has 8 heteroatoms. The number of allylic oxidation sites excluding steroid dienone is 1. The minimum absolute atomic E-state index is 0.214. The first-order valence-corrected chi connectivity index (χ1v) is 13.2. The summed E-state index contributed by atoms with van der Waals surface area (Å²) in [6.45, 7) is 10.4. The second kappa shape index (κ2) is 11.2. The van der Waals surface area contributed by atoms with Gasteiger partial charge in [0.25, 0.3) is 5.56 Å². The van der Waals surface area contributed by atoms with E-state index in [0.29, 0.717) is 50.2 Å². The molecule has 1 aromatic heterocycles. The molecule has 0 saturated heterocycles. The van der Waals surface area contributed by atoms with Crippen LogP contribution in [0.2, 0.25) is 0 Å². The van der Waals surface area contributed by atoms with Gasteiger partial charge in [0.2, 0.25) is 0 Å². The molecule has 0 N–H and O–H groups in total. The van der Waals surface area contributed by atoms with E-state index in [0.717, 1.165) is 5.56 Å². The zero-order chi connectivity index (χ0) is 26.7. The molecule has 37 heavy (non-hydrogen) atoms. The van der Waals surface area contributed by atoms with E-state index in [-0.39, 0.29) is 12.2 Å². The lowest BCUT2D eigenvalue weighted by Crippen LogP contribution is -2.40. The number of carbonyl (C=O) groups excluding carboxylic acids is 1. The van der Waals surface area contributed by atoms with Crippen LogP contribution in [0.1, 0.15) is 63.3 Å². The molecule has 0 unspecified atom stereocenters. The quantitative estimate of drug-likeness (QED) is 0.413. The number of benzene rings is 2. The minimum Gasteiger partial charge on any atom is -0.493 e. The van der Waals surface area contributed by atoms with Gasteiger partial charge in [0, 0.05) is 0 Å². The van der Waals surface area contributed by atoms with Crippen LogP contribution < -0.4 is 24.4 Å². The van der Waals surface area contributed by atoms with Gasteiger partial charge < -0.3 is 14.2 Å². The average molecular weight is 521 g/mol. The third-order valence-corrected chi connectivity index (χ3v) is 7.20. The first-order chi connectivity index (χ1) is 17.8. The Balaban J connectivity index is 1.92. The maximum absolute atomic E-state index is 13.8. The SMILES string of the molecule is CCOC(=O)C1=C(C)N=c2s/c(=C\c3ccc(C(C)C)cc3)c(=O)n2[C@H]1c1ccc(OC)c(OCC)c1. The van der Waals surface area contributed by atoms with Crippen molar-refractivity contribution in [3.05, 3.63) is 90.1 Å². The third-order valence-electron chi connectivity index (χ3n) is 6.22. The summed E-state index contributed by atoms with van der Waals surface area (Å²) in [4.78, 5) is 32.1. The topological polar surface area (TPSA) is 79.1 Å². The summed E-state index contributed by atoms with van der Waals surface area (Å²) in [6.07, 6.45) is 1.87. The molecule has 0 saturated carbocycles. The molecule has 0 radical (unpaired) electrons. The molecule has 0 aliphatic carbocycles. The molecule has 0 bridgehead atoms. The van der Waals surface area contributed by atoms with Crippen LogP contribution in [0.3, 0.4) is 0 Å². The van der Waals surface area contributed by atoms with Crippen molar-refractivity contribution in [2.24, 2.45) is 4.99 Å². The number of ether oxygens (including phenoxy) is 3. The van der Waals surface area contributed by atoms with Crippen molar-refractivity contribution in [1.82, 2.24) is 4.57 Å². The van der Waals surface area contributed by atoms with Crippen molar-refractivity contribution in [3.8, 4) is 11.5 Å². The summed E-state index contributed by atoms with van der Waals surface area (Å²) in [5.74, 6) is 1.03. The van der Waals surface area contributed by atoms with Crippen molar-refractivity contribution in [1.29, 1.82) is 0 Å². The predicted octanol–water partition coefficient (Wildman–Crippen LogP) is 4.33. The molecule has 194 valence electrons. The molecule has 4 rings (SSSR count). The Labute approximate surface area is 220 Å². The maximum Gasteiger partial charge on any atom is 0.338 e. The second-order valence-corrected chi connectivity index (χ2v) is 9.98. The Morgan fingerprint density at radius 1 is 1.11 bits per heavy atom. The highest BCUT2D eigenvalue weighted by Crippen LogP contribution is 2.36. The van der Waals surface area contributed by atoms with E-state index in [9.17, 15) is 9.59 Å².